The van der Waals surface area contributed by atoms with E-state index in [0.29, 0.717) is 44.9 Å². The number of carbonyl (C=O) groups excluding carboxylic acids is 2. The van der Waals surface area contributed by atoms with Crippen LogP contribution in [0.4, 0.5) is 4.79 Å². The van der Waals surface area contributed by atoms with Crippen molar-refractivity contribution in [1.29, 1.82) is 0 Å². The van der Waals surface area contributed by atoms with Crippen LogP contribution in [0.3, 0.4) is 0 Å². The fourth-order valence-electron chi connectivity index (χ4n) is 2.71. The summed E-state index contributed by atoms with van der Waals surface area (Å²) in [5.41, 5.74) is 0.655. The Bertz CT molecular complexity index is 545. The van der Waals surface area contributed by atoms with Crippen LogP contribution in [-0.2, 0) is 0 Å². The molecule has 1 aliphatic rings. The lowest BCUT2D eigenvalue weighted by molar-refractivity contribution is 0.0762. The summed E-state index contributed by atoms with van der Waals surface area (Å²) in [6.07, 6.45) is 1.71. The van der Waals surface area contributed by atoms with E-state index < -0.39 is 0 Å². The molecule has 1 fully saturated rings. The Balaban J connectivity index is 1.92. The minimum Gasteiger partial charge on any atom is -0.494 e. The second kappa shape index (κ2) is 9.15. The summed E-state index contributed by atoms with van der Waals surface area (Å²) in [6, 6.07) is 7.19. The number of benzene rings is 1. The number of rotatable bonds is 5. The van der Waals surface area contributed by atoms with E-state index in [2.05, 4.69) is 5.32 Å². The number of hydrogen-bond acceptors (Lipinski definition) is 3. The van der Waals surface area contributed by atoms with Crippen molar-refractivity contribution in [3.63, 3.8) is 0 Å². The fraction of sp³-hybridized carbons (Fsp3) is 0.556. The van der Waals surface area contributed by atoms with Crippen LogP contribution in [0.1, 0.15) is 37.0 Å². The lowest BCUT2D eigenvalue weighted by Crippen LogP contribution is -2.42. The molecule has 0 bridgehead atoms. The zero-order valence-electron chi connectivity index (χ0n) is 14.6. The zero-order valence-corrected chi connectivity index (χ0v) is 14.6. The van der Waals surface area contributed by atoms with Crippen molar-refractivity contribution in [3.8, 4) is 5.75 Å². The predicted octanol–water partition coefficient (Wildman–Crippen LogP) is 2.35. The number of ether oxygens (including phenoxy) is 1. The number of amides is 3. The maximum absolute atomic E-state index is 12.6. The van der Waals surface area contributed by atoms with Crippen LogP contribution < -0.4 is 10.1 Å². The molecule has 0 spiro atoms. The molecule has 0 saturated carbocycles. The Hall–Kier alpha value is -2.24. The summed E-state index contributed by atoms with van der Waals surface area (Å²) in [5, 5.41) is 2.89. The van der Waals surface area contributed by atoms with Crippen molar-refractivity contribution in [2.24, 2.45) is 0 Å². The first-order chi connectivity index (χ1) is 11.7. The van der Waals surface area contributed by atoms with E-state index in [-0.39, 0.29) is 11.9 Å². The molecule has 132 valence electrons. The van der Waals surface area contributed by atoms with Crippen molar-refractivity contribution in [1.82, 2.24) is 15.1 Å². The van der Waals surface area contributed by atoms with Gasteiger partial charge in [-0.25, -0.2) is 4.79 Å². The molecule has 6 nitrogen and oxygen atoms in total. The van der Waals surface area contributed by atoms with Gasteiger partial charge in [0.2, 0.25) is 0 Å². The summed E-state index contributed by atoms with van der Waals surface area (Å²) in [4.78, 5) is 28.3. The van der Waals surface area contributed by atoms with Crippen molar-refractivity contribution >= 4 is 11.9 Å². The Labute approximate surface area is 143 Å². The number of carbonyl (C=O) groups is 2. The molecule has 0 radical (unpaired) electrons. The maximum Gasteiger partial charge on any atom is 0.317 e. The highest BCUT2D eigenvalue weighted by Crippen LogP contribution is 2.15. The van der Waals surface area contributed by atoms with Gasteiger partial charge >= 0.3 is 6.03 Å². The van der Waals surface area contributed by atoms with Gasteiger partial charge < -0.3 is 19.9 Å². The van der Waals surface area contributed by atoms with Crippen LogP contribution in [0, 0.1) is 0 Å². The summed E-state index contributed by atoms with van der Waals surface area (Å²) < 4.78 is 5.40. The van der Waals surface area contributed by atoms with Crippen molar-refractivity contribution in [3.05, 3.63) is 29.8 Å². The third-order valence-electron chi connectivity index (χ3n) is 4.01. The van der Waals surface area contributed by atoms with E-state index in [9.17, 15) is 9.59 Å². The Morgan fingerprint density at radius 1 is 1.04 bits per heavy atom. The van der Waals surface area contributed by atoms with E-state index in [1.54, 1.807) is 17.0 Å². The van der Waals surface area contributed by atoms with Crippen molar-refractivity contribution in [2.45, 2.75) is 26.7 Å². The Morgan fingerprint density at radius 3 is 2.38 bits per heavy atom. The molecule has 1 N–H and O–H groups in total. The van der Waals surface area contributed by atoms with Crippen LogP contribution in [-0.4, -0.2) is 61.1 Å². The zero-order chi connectivity index (χ0) is 17.4. The highest BCUT2D eigenvalue weighted by atomic mass is 16.5. The van der Waals surface area contributed by atoms with Gasteiger partial charge in [-0.2, -0.15) is 0 Å². The molecular formula is C18H27N3O3. The van der Waals surface area contributed by atoms with Gasteiger partial charge in [0.15, 0.2) is 0 Å². The van der Waals surface area contributed by atoms with Gasteiger partial charge in [0, 0.05) is 38.3 Å². The molecule has 1 saturated heterocycles. The molecule has 3 amide bonds. The minimum atomic E-state index is -0.0350. The van der Waals surface area contributed by atoms with Crippen LogP contribution in [0.2, 0.25) is 0 Å². The highest BCUT2D eigenvalue weighted by Gasteiger charge is 2.22. The number of nitrogens with one attached hydrogen (secondary N) is 1. The molecule has 24 heavy (non-hydrogen) atoms. The first-order valence-corrected chi connectivity index (χ1v) is 8.70. The van der Waals surface area contributed by atoms with Crippen LogP contribution in [0.5, 0.6) is 5.75 Å². The summed E-state index contributed by atoms with van der Waals surface area (Å²) in [6.45, 7) is 7.73. The van der Waals surface area contributed by atoms with Crippen molar-refractivity contribution in [2.75, 3.05) is 39.3 Å². The maximum atomic E-state index is 12.6. The molecule has 1 aliphatic heterocycles. The summed E-state index contributed by atoms with van der Waals surface area (Å²) in [7, 11) is 0. The molecule has 0 aliphatic carbocycles. The van der Waals surface area contributed by atoms with Crippen LogP contribution in [0.15, 0.2) is 24.3 Å². The first-order valence-electron chi connectivity index (χ1n) is 8.70. The van der Waals surface area contributed by atoms with E-state index in [1.165, 1.54) is 0 Å². The molecular weight excluding hydrogens is 306 g/mol. The first kappa shape index (κ1) is 18.1. The van der Waals surface area contributed by atoms with E-state index in [1.807, 2.05) is 30.9 Å². The van der Waals surface area contributed by atoms with Gasteiger partial charge in [-0.3, -0.25) is 4.79 Å². The molecule has 1 heterocycles. The standard InChI is InChI=1S/C18H27N3O3/c1-3-10-19-18(23)21-12-5-11-20(13-14-21)17(22)15-6-8-16(9-7-15)24-4-2/h6-9H,3-5,10-14H2,1-2H3,(H,19,23). The molecule has 0 aromatic heterocycles. The fourth-order valence-corrected chi connectivity index (χ4v) is 2.71. The Morgan fingerprint density at radius 2 is 1.71 bits per heavy atom. The lowest BCUT2D eigenvalue weighted by Gasteiger charge is -2.22. The summed E-state index contributed by atoms with van der Waals surface area (Å²) >= 11 is 0. The van der Waals surface area contributed by atoms with Gasteiger partial charge in [0.1, 0.15) is 5.75 Å². The second-order valence-electron chi connectivity index (χ2n) is 5.82. The molecule has 1 aromatic carbocycles. The Kier molecular flexibility index (Phi) is 6.90. The molecule has 0 atom stereocenters. The normalized spacial score (nSPS) is 14.9. The predicted molar refractivity (Wildman–Crippen MR) is 93.4 cm³/mol. The quantitative estimate of drug-likeness (QED) is 0.900. The largest absolute Gasteiger partial charge is 0.494 e. The molecule has 1 aromatic rings. The number of hydrogen-bond donors (Lipinski definition) is 1. The molecule has 0 unspecified atom stereocenters. The highest BCUT2D eigenvalue weighted by molar-refractivity contribution is 5.94. The van der Waals surface area contributed by atoms with Gasteiger partial charge in [-0.1, -0.05) is 6.92 Å². The average Bonchev–Trinajstić information content (AvgIpc) is 2.86. The third kappa shape index (κ3) is 4.88. The van der Waals surface area contributed by atoms with Crippen molar-refractivity contribution < 1.29 is 14.3 Å². The number of nitrogens with zero attached hydrogens (tertiary/aromatic N) is 2. The third-order valence-corrected chi connectivity index (χ3v) is 4.01. The topological polar surface area (TPSA) is 61.9 Å². The minimum absolute atomic E-state index is 0.00821. The monoisotopic (exact) mass is 333 g/mol. The SMILES string of the molecule is CCCNC(=O)N1CCCN(C(=O)c2ccc(OCC)cc2)CC1. The molecule has 6 heteroatoms. The van der Waals surface area contributed by atoms with Gasteiger partial charge in [0.25, 0.3) is 5.91 Å². The molecule has 2 rings (SSSR count). The van der Waals surface area contributed by atoms with Crippen LogP contribution in [0.25, 0.3) is 0 Å². The van der Waals surface area contributed by atoms with E-state index >= 15 is 0 Å². The lowest BCUT2D eigenvalue weighted by atomic mass is 10.2. The average molecular weight is 333 g/mol. The second-order valence-corrected chi connectivity index (χ2v) is 5.82. The number of urea groups is 1. The van der Waals surface area contributed by atoms with E-state index in [0.717, 1.165) is 18.6 Å². The summed E-state index contributed by atoms with van der Waals surface area (Å²) in [5.74, 6) is 0.776. The van der Waals surface area contributed by atoms with E-state index in [4.69, 9.17) is 4.74 Å². The van der Waals surface area contributed by atoms with Gasteiger partial charge in [-0.05, 0) is 44.0 Å². The van der Waals surface area contributed by atoms with Crippen LogP contribution >= 0.6 is 0 Å². The van der Waals surface area contributed by atoms with Gasteiger partial charge in [0.05, 0.1) is 6.61 Å². The van der Waals surface area contributed by atoms with Gasteiger partial charge in [-0.15, -0.1) is 0 Å². The smallest absolute Gasteiger partial charge is 0.317 e.